The van der Waals surface area contributed by atoms with Crippen molar-refractivity contribution in [3.8, 4) is 0 Å². The molecule has 1 aliphatic rings. The molecule has 0 aromatic heterocycles. The lowest BCUT2D eigenvalue weighted by Gasteiger charge is -2.40. The summed E-state index contributed by atoms with van der Waals surface area (Å²) in [5, 5.41) is 31.5. The first-order chi connectivity index (χ1) is 37.6. The maximum absolute atomic E-state index is 13.2. The Morgan fingerprint density at radius 3 is 1.30 bits per heavy atom. The first kappa shape index (κ1) is 71.2. The number of hydrogen-bond donors (Lipinski definition) is 3. The van der Waals surface area contributed by atoms with E-state index >= 15 is 0 Å². The number of unbranched alkanes of at least 4 members (excludes halogenated alkanes) is 26. The van der Waals surface area contributed by atoms with Gasteiger partial charge in [-0.25, -0.2) is 4.79 Å². The summed E-state index contributed by atoms with van der Waals surface area (Å²) in [7, 11) is 0. The Kier molecular flexibility index (Phi) is 48.8. The largest absolute Gasteiger partial charge is 0.479 e. The van der Waals surface area contributed by atoms with Crippen molar-refractivity contribution in [1.29, 1.82) is 0 Å². The van der Waals surface area contributed by atoms with Crippen LogP contribution in [0.3, 0.4) is 0 Å². The van der Waals surface area contributed by atoms with E-state index < -0.39 is 67.3 Å². The van der Waals surface area contributed by atoms with Gasteiger partial charge in [0.2, 0.25) is 0 Å². The molecular weight excluding hydrogens is 973 g/mol. The molecule has 0 bridgehead atoms. The molecule has 1 heterocycles. The van der Waals surface area contributed by atoms with Crippen molar-refractivity contribution in [2.45, 2.75) is 302 Å². The number of carbonyl (C=O) groups excluding carboxylic acids is 3. The lowest BCUT2D eigenvalue weighted by atomic mass is 9.98. The molecule has 6 unspecified atom stereocenters. The Bertz CT molecular complexity index is 1620. The van der Waals surface area contributed by atoms with E-state index in [2.05, 4.69) is 93.7 Å². The zero-order valence-corrected chi connectivity index (χ0v) is 48.7. The maximum Gasteiger partial charge on any atom is 0.335 e. The second-order valence-corrected chi connectivity index (χ2v) is 21.0. The molecule has 1 aliphatic heterocycles. The van der Waals surface area contributed by atoms with Crippen LogP contribution >= 0.6 is 0 Å². The molecule has 0 amide bonds. The fourth-order valence-corrected chi connectivity index (χ4v) is 9.04. The van der Waals surface area contributed by atoms with Crippen molar-refractivity contribution in [3.05, 3.63) is 72.9 Å². The van der Waals surface area contributed by atoms with Gasteiger partial charge in [0, 0.05) is 19.3 Å². The van der Waals surface area contributed by atoms with Crippen LogP contribution in [0.5, 0.6) is 0 Å². The van der Waals surface area contributed by atoms with Crippen LogP contribution in [0.2, 0.25) is 0 Å². The predicted octanol–water partition coefficient (Wildman–Crippen LogP) is 16.1. The number of rotatable bonds is 52. The normalized spacial score (nSPS) is 18.5. The average molecular weight is 1080 g/mol. The predicted molar refractivity (Wildman–Crippen MR) is 312 cm³/mol. The van der Waals surface area contributed by atoms with E-state index in [1.165, 1.54) is 70.6 Å². The molecular formula is C65H110O12. The molecule has 0 aliphatic carbocycles. The molecule has 0 aromatic rings. The molecule has 3 N–H and O–H groups in total. The van der Waals surface area contributed by atoms with Crippen molar-refractivity contribution < 1.29 is 58.2 Å². The topological polar surface area (TPSA) is 175 Å². The third-order valence-corrected chi connectivity index (χ3v) is 13.7. The van der Waals surface area contributed by atoms with E-state index in [4.69, 9.17) is 23.7 Å². The minimum atomic E-state index is -1.91. The van der Waals surface area contributed by atoms with Gasteiger partial charge in [-0.05, 0) is 83.5 Å². The molecule has 1 fully saturated rings. The van der Waals surface area contributed by atoms with E-state index in [0.717, 1.165) is 135 Å². The number of aliphatic hydroxyl groups excluding tert-OH is 2. The number of hydrogen-bond acceptors (Lipinski definition) is 11. The number of allylic oxidation sites excluding steroid dienone is 12. The van der Waals surface area contributed by atoms with Crippen LogP contribution < -0.4 is 0 Å². The number of carbonyl (C=O) groups is 4. The monoisotopic (exact) mass is 1080 g/mol. The van der Waals surface area contributed by atoms with Crippen LogP contribution in [0, 0.1) is 0 Å². The molecule has 1 rings (SSSR count). The lowest BCUT2D eigenvalue weighted by molar-refractivity contribution is -0.301. The smallest absolute Gasteiger partial charge is 0.335 e. The van der Waals surface area contributed by atoms with E-state index in [1.807, 2.05) is 0 Å². The van der Waals surface area contributed by atoms with Crippen molar-refractivity contribution >= 4 is 23.9 Å². The molecule has 0 aromatic carbocycles. The first-order valence-electron chi connectivity index (χ1n) is 30.9. The highest BCUT2D eigenvalue weighted by molar-refractivity contribution is 5.74. The molecule has 1 saturated heterocycles. The Hall–Kier alpha value is -3.84. The highest BCUT2D eigenvalue weighted by Gasteiger charge is 2.50. The molecule has 442 valence electrons. The van der Waals surface area contributed by atoms with Crippen LogP contribution in [0.1, 0.15) is 265 Å². The summed E-state index contributed by atoms with van der Waals surface area (Å²) in [6.07, 6.45) is 54.3. The number of esters is 3. The number of ether oxygens (including phenoxy) is 5. The van der Waals surface area contributed by atoms with Gasteiger partial charge in [0.05, 0.1) is 6.61 Å². The fourth-order valence-electron chi connectivity index (χ4n) is 9.04. The summed E-state index contributed by atoms with van der Waals surface area (Å²) >= 11 is 0. The zero-order chi connectivity index (χ0) is 56.1. The van der Waals surface area contributed by atoms with Crippen LogP contribution in [0.15, 0.2) is 72.9 Å². The van der Waals surface area contributed by atoms with Gasteiger partial charge in [-0.15, -0.1) is 0 Å². The molecule has 12 heteroatoms. The molecule has 0 radical (unpaired) electrons. The number of aliphatic hydroxyl groups is 2. The molecule has 12 nitrogen and oxygen atoms in total. The highest BCUT2D eigenvalue weighted by Crippen LogP contribution is 2.26. The summed E-state index contributed by atoms with van der Waals surface area (Å²) < 4.78 is 28.5. The van der Waals surface area contributed by atoms with Gasteiger partial charge in [-0.2, -0.15) is 0 Å². The number of carboxylic acid groups (broad SMARTS) is 1. The Balaban J connectivity index is 2.68. The summed E-state index contributed by atoms with van der Waals surface area (Å²) in [5.41, 5.74) is 0. The van der Waals surface area contributed by atoms with Crippen LogP contribution in [-0.2, 0) is 42.9 Å². The van der Waals surface area contributed by atoms with Crippen molar-refractivity contribution in [3.63, 3.8) is 0 Å². The summed E-state index contributed by atoms with van der Waals surface area (Å²) in [6.45, 7) is 5.81. The van der Waals surface area contributed by atoms with Gasteiger partial charge in [0.1, 0.15) is 18.8 Å². The third kappa shape index (κ3) is 42.7. The highest BCUT2D eigenvalue weighted by atomic mass is 16.7. The van der Waals surface area contributed by atoms with Crippen molar-refractivity contribution in [2.24, 2.45) is 0 Å². The minimum Gasteiger partial charge on any atom is -0.479 e. The molecule has 77 heavy (non-hydrogen) atoms. The van der Waals surface area contributed by atoms with E-state index in [9.17, 15) is 34.5 Å². The molecule has 6 atom stereocenters. The first-order valence-corrected chi connectivity index (χ1v) is 30.9. The van der Waals surface area contributed by atoms with Crippen LogP contribution in [0.4, 0.5) is 0 Å². The van der Waals surface area contributed by atoms with Gasteiger partial charge < -0.3 is 39.0 Å². The van der Waals surface area contributed by atoms with Crippen LogP contribution in [0.25, 0.3) is 0 Å². The zero-order valence-electron chi connectivity index (χ0n) is 48.7. The van der Waals surface area contributed by atoms with Crippen LogP contribution in [-0.4, -0.2) is 89.2 Å². The average Bonchev–Trinajstić information content (AvgIpc) is 3.42. The van der Waals surface area contributed by atoms with E-state index in [0.29, 0.717) is 19.3 Å². The van der Waals surface area contributed by atoms with Gasteiger partial charge in [0.15, 0.2) is 24.6 Å². The summed E-state index contributed by atoms with van der Waals surface area (Å²) in [6, 6.07) is 0. The summed E-state index contributed by atoms with van der Waals surface area (Å²) in [5.74, 6) is -3.14. The maximum atomic E-state index is 13.2. The molecule has 0 spiro atoms. The van der Waals surface area contributed by atoms with Gasteiger partial charge in [0.25, 0.3) is 0 Å². The summed E-state index contributed by atoms with van der Waals surface area (Å²) in [4.78, 5) is 51.2. The lowest BCUT2D eigenvalue weighted by Crippen LogP contribution is -2.61. The van der Waals surface area contributed by atoms with E-state index in [1.54, 1.807) is 0 Å². The fraction of sp³-hybridized carbons (Fsp3) is 0.754. The van der Waals surface area contributed by atoms with Gasteiger partial charge in [-0.1, -0.05) is 235 Å². The number of carboxylic acids is 1. The Morgan fingerprint density at radius 1 is 0.442 bits per heavy atom. The third-order valence-electron chi connectivity index (χ3n) is 13.7. The second-order valence-electron chi connectivity index (χ2n) is 21.0. The van der Waals surface area contributed by atoms with Crippen molar-refractivity contribution in [1.82, 2.24) is 0 Å². The Labute approximate surface area is 468 Å². The molecule has 0 saturated carbocycles. The van der Waals surface area contributed by atoms with E-state index in [-0.39, 0.29) is 25.9 Å². The SMILES string of the molecule is CC/C=C\C/C=C\C/C=C\C/C=C\CCCCCCCCC(=O)OCC(COC1OC(C(=O)O)C(O)C(O)C1OC(=O)CCCCCCC/C=C\C/C=C\CCC)OC(=O)CCCCCCCCCCCCCCCCC. The van der Waals surface area contributed by atoms with Gasteiger partial charge in [-0.3, -0.25) is 14.4 Å². The standard InChI is InChI=1S/C65H110O12/c1-4-7-10-13-16-19-22-25-27-28-29-30-32-34-36-39-42-45-48-51-57(66)73-54-56(75-58(67)52-49-46-43-40-38-35-31-26-23-20-17-14-11-8-5-2)55-74-65-63(61(70)60(69)62(77-65)64(71)72)76-59(68)53-50-47-44-41-37-33-24-21-18-15-12-9-6-3/h7,10,12,15-16,19,21,24-25,27,29-30,56,60-63,65,69-70H,4-6,8-9,11,13-14,17-18,20,22-23,26,28,31-55H2,1-3H3,(H,71,72)/b10-7-,15-12-,19-16-,24-21-,27-25-,30-29-. The Morgan fingerprint density at radius 2 is 0.844 bits per heavy atom. The number of aliphatic carboxylic acids is 1. The quantitative estimate of drug-likeness (QED) is 0.0228. The minimum absolute atomic E-state index is 0.0422. The van der Waals surface area contributed by atoms with Crippen molar-refractivity contribution in [2.75, 3.05) is 13.2 Å². The second kappa shape index (κ2) is 52.8. The van der Waals surface area contributed by atoms with Gasteiger partial charge >= 0.3 is 23.9 Å².